The van der Waals surface area contributed by atoms with Gasteiger partial charge >= 0.3 is 146 Å². The van der Waals surface area contributed by atoms with E-state index in [-0.39, 0.29) is 266 Å². The van der Waals surface area contributed by atoms with Gasteiger partial charge in [-0.05, 0) is 272 Å². The van der Waals surface area contributed by atoms with Crippen molar-refractivity contribution < 1.29 is 219 Å². The zero-order valence-corrected chi connectivity index (χ0v) is 102. The summed E-state index contributed by atoms with van der Waals surface area (Å²) >= 11 is 19.7. The molecule has 0 saturated carbocycles. The van der Waals surface area contributed by atoms with Crippen LogP contribution in [0.25, 0.3) is 16.6 Å². The Balaban J connectivity index is 0.000000573. The molecule has 0 bridgehead atoms. The maximum atomic E-state index is 12.9. The molecule has 8 aliphatic heterocycles. The third kappa shape index (κ3) is 39.0. The van der Waals surface area contributed by atoms with E-state index >= 15 is 0 Å². The van der Waals surface area contributed by atoms with E-state index in [1.165, 1.54) is 17.1 Å². The number of carboxylic acids is 1. The van der Waals surface area contributed by atoms with Gasteiger partial charge in [0.05, 0.1) is 56.6 Å². The van der Waals surface area contributed by atoms with Crippen molar-refractivity contribution in [2.24, 2.45) is 47.3 Å². The van der Waals surface area contributed by atoms with Crippen LogP contribution in [-0.2, 0) is 82.6 Å². The number of halogens is 6. The normalized spacial score (nSPS) is 21.7. The number of carbonyl (C=O) groups excluding carboxylic acids is 10. The molecule has 13 heterocycles. The topological polar surface area (TPSA) is 502 Å². The van der Waals surface area contributed by atoms with Crippen LogP contribution in [0.5, 0.6) is 0 Å². The van der Waals surface area contributed by atoms with Gasteiger partial charge in [-0.3, -0.25) is 42.4 Å². The van der Waals surface area contributed by atoms with Crippen LogP contribution in [0.1, 0.15) is 234 Å². The third-order valence-corrected chi connectivity index (χ3v) is 26.6. The van der Waals surface area contributed by atoms with Gasteiger partial charge in [-0.25, -0.2) is 43.7 Å². The summed E-state index contributed by atoms with van der Waals surface area (Å²) in [5.41, 5.74) is 1.43. The first-order valence-corrected chi connectivity index (χ1v) is 50.3. The molecular weight excluding hydrogens is 2290 g/mol. The molecule has 0 radical (unpaired) electrons. The molecule has 0 spiro atoms. The molecule has 141 heavy (non-hydrogen) atoms. The van der Waals surface area contributed by atoms with Crippen molar-refractivity contribution in [3.05, 3.63) is 96.9 Å². The zero-order valence-electron chi connectivity index (χ0n) is 87.5. The number of nitrogens with zero attached hydrogens (tertiary/aromatic N) is 11. The third-order valence-electron chi connectivity index (χ3n) is 23.2. The van der Waals surface area contributed by atoms with E-state index in [1.807, 2.05) is 127 Å². The zero-order chi connectivity index (χ0) is 104. The largest absolute Gasteiger partial charge is 1.00 e. The summed E-state index contributed by atoms with van der Waals surface area (Å²) in [4.78, 5) is 181. The number of fused-ring (bicyclic) bond motifs is 2. The Kier molecular flexibility index (Phi) is 52.0. The number of aromatic amines is 2. The predicted octanol–water partition coefficient (Wildman–Crippen LogP) is 9.65. The number of nitrogens with one attached hydrogen (secondary N) is 2. The summed E-state index contributed by atoms with van der Waals surface area (Å²) in [6, 6.07) is 0. The minimum Gasteiger partial charge on any atom is -1.00 e. The Morgan fingerprint density at radius 1 is 0.525 bits per heavy atom. The number of alkyl halides is 1. The number of amides is 5. The van der Waals surface area contributed by atoms with Gasteiger partial charge in [0.1, 0.15) is 70.2 Å². The van der Waals surface area contributed by atoms with Crippen LogP contribution in [0.2, 0.25) is 0 Å². The predicted molar refractivity (Wildman–Crippen MR) is 539 cm³/mol. The first-order valence-electron chi connectivity index (χ1n) is 45.3. The maximum absolute atomic E-state index is 12.9. The van der Waals surface area contributed by atoms with E-state index in [9.17, 15) is 52.7 Å². The second-order valence-electron chi connectivity index (χ2n) is 41.0. The number of hydrogen-bond acceptors (Lipinski definition) is 29. The average Bonchev–Trinajstić information content (AvgIpc) is 1.63. The number of methoxy groups -OCH3 is 1. The van der Waals surface area contributed by atoms with Crippen molar-refractivity contribution in [1.82, 2.24) is 68.9 Å². The van der Waals surface area contributed by atoms with Crippen molar-refractivity contribution in [2.75, 3.05) is 104 Å². The van der Waals surface area contributed by atoms with E-state index in [2.05, 4.69) is 173 Å². The number of Topliss-reactive ketones (excluding diaryl/α,β-unsaturated/α-hetero) is 3. The van der Waals surface area contributed by atoms with Crippen LogP contribution >= 0.6 is 95.6 Å². The number of esters is 1. The van der Waals surface area contributed by atoms with Gasteiger partial charge in [-0.1, -0.05) is 62.7 Å². The molecule has 5 aromatic heterocycles. The van der Waals surface area contributed by atoms with Crippen molar-refractivity contribution in [2.45, 2.75) is 250 Å². The number of imidazole rings is 3. The van der Waals surface area contributed by atoms with Crippen LogP contribution in [0, 0.1) is 47.3 Å². The molecular formula is C92H139BBr6K2N14O26. The summed E-state index contributed by atoms with van der Waals surface area (Å²) < 4.78 is 61.5. The number of aromatic nitrogens is 8. The molecule has 780 valence electrons. The molecule has 0 unspecified atom stereocenters. The Morgan fingerprint density at radius 2 is 0.865 bits per heavy atom. The van der Waals surface area contributed by atoms with Crippen molar-refractivity contribution in [3.63, 3.8) is 0 Å². The van der Waals surface area contributed by atoms with Crippen LogP contribution in [0.4, 0.5) is 24.0 Å². The van der Waals surface area contributed by atoms with Gasteiger partial charge in [0.15, 0.2) is 20.9 Å². The fourth-order valence-corrected chi connectivity index (χ4v) is 19.3. The molecule has 49 heteroatoms. The maximum Gasteiger partial charge on any atom is 1.00 e. The molecule has 5 amide bonds. The summed E-state index contributed by atoms with van der Waals surface area (Å²) in [6.07, 6.45) is 7.84. The number of ketones is 3. The van der Waals surface area contributed by atoms with Crippen molar-refractivity contribution in [3.8, 4) is 0 Å². The van der Waals surface area contributed by atoms with Gasteiger partial charge < -0.3 is 109 Å². The first-order chi connectivity index (χ1) is 63.7. The SMILES string of the molecule is CC(=O)O.CC(=O)[C@@H]1CN(C(=O)OC(C)(C)C)C[C@H]1C.CC1(C)OB(C2=CCOCC2)OC1(C)C.COC(=O)c1c(Br)nc(Br)n1CC(=O)[C@H]1CN(C(=O)OC(C)(C)C)C[C@@H]1C.C[C@@H]1CN(C(=O)OC(C)(C)C)C[C@H]1C(=O)CBr.C[C@@H]1CN(C(=O)OC(C)(C)C)C[C@H]1c1cn2c(Br)nc(Br)c2c(=O)[nH]1.C[C@@H]1CN(C(=O)OC(C)(C)C)C[C@H]1c1cn2c(C3=CCOCC3)nc(Br)c2c(=O)[nH]1.N.O=CO[O-].[H-].[K+].[K+]. The molecule has 8 aliphatic rings. The van der Waals surface area contributed by atoms with Gasteiger partial charge in [0.2, 0.25) is 0 Å². The fraction of sp³-hybridized carbons (Fsp3) is 0.674. The number of H-pyrrole nitrogens is 2. The second kappa shape index (κ2) is 56.2. The van der Waals surface area contributed by atoms with E-state index in [0.29, 0.717) is 118 Å². The summed E-state index contributed by atoms with van der Waals surface area (Å²) in [5.74, 6) is -0.0866. The number of rotatable bonds is 12. The molecule has 13 rings (SSSR count). The Bertz CT molecular complexity index is 5340. The fourth-order valence-electron chi connectivity index (χ4n) is 15.8. The Labute approximate surface area is 961 Å². The minimum absolute atomic E-state index is 0. The van der Waals surface area contributed by atoms with E-state index < -0.39 is 46.0 Å². The van der Waals surface area contributed by atoms with Crippen LogP contribution in [-0.4, -0.2) is 285 Å². The molecule has 40 nitrogen and oxygen atoms in total. The first kappa shape index (κ1) is 130. The molecule has 6 saturated heterocycles. The standard InChI is InChI=1S/C21H27BrN4O4.C17H23Br2N3O5.C16H20Br2N4O3.C12H20BrNO3.C12H21NO3.C11H19BO3.C2H4O2.CH2O3.2K.H3N.H/c1-12-9-25(20(28)30-21(2,3)4)10-14(12)15-11-26-16(19(27)23-15)17(22)24-18(26)13-5-7-29-8-6-13;1-9-6-21(16(25)27-17(2,3)4)7-10(9)11(23)8-22-12(14(24)26-5)13(18)20-15(22)19;1-8-5-21(15(24)25-16(2,3)4)6-9(8)10-7-22-11(13(23)19-10)12(17)20-14(22)18;1-8-6-14(7-9(8)10(15)5-13)11(16)17-12(2,3)4;1-8-6-13(7-10(8)9(2)14)11(15)16-12(3,4)5;1-10(2)11(3,4)15-12(14-10)9-5-7-13-8-6-9;1-2(3)4;2-1-4-3;;;;/h5,11-12,14H,6-10H2,1-4H3,(H,23,27);9-10H,6-8H2,1-5H3;7-9H,5-6H2,1-4H3,(H,19,23);8-9H,5-7H2,1-4H3;8,10H,6-7H2,1-5H3;5H,6-8H2,1-4H3;1H3,(H,3,4);1,3H;;;1H3;/q;;;;;;;;2*+1;;-1/p-1/t12-,14-;9-,10-;2*8-,9-;8-,10-;;;;;;;/m10111......./s1. The summed E-state index contributed by atoms with van der Waals surface area (Å²) in [6.45, 7) is 56.1. The molecule has 0 aromatic carbocycles. The van der Waals surface area contributed by atoms with Crippen LogP contribution < -0.4 is 125 Å². The Morgan fingerprint density at radius 3 is 1.21 bits per heavy atom. The van der Waals surface area contributed by atoms with Gasteiger partial charge in [0, 0.05) is 126 Å². The number of ether oxygens (including phenoxy) is 8. The quantitative estimate of drug-likeness (QED) is 0.0172. The number of aliphatic carboxylic acids is 1. The molecule has 0 aliphatic carbocycles. The van der Waals surface area contributed by atoms with Crippen LogP contribution in [0.3, 0.4) is 0 Å². The smallest absolute Gasteiger partial charge is 1.00 e. The van der Waals surface area contributed by atoms with E-state index in [0.717, 1.165) is 49.2 Å². The molecule has 6 fully saturated rings. The van der Waals surface area contributed by atoms with Crippen molar-refractivity contribution >= 4 is 186 Å². The monoisotopic (exact) mass is 2420 g/mol. The minimum atomic E-state index is -0.833. The van der Waals surface area contributed by atoms with Gasteiger partial charge in [-0.15, -0.1) is 0 Å². The summed E-state index contributed by atoms with van der Waals surface area (Å²) in [7, 11) is 1.08. The number of hydrogen-bond donors (Lipinski definition) is 4. The van der Waals surface area contributed by atoms with Crippen LogP contribution in [0.15, 0.2) is 62.9 Å². The van der Waals surface area contributed by atoms with Crippen molar-refractivity contribution in [1.29, 1.82) is 0 Å². The van der Waals surface area contributed by atoms with E-state index in [1.54, 1.807) is 56.6 Å². The number of likely N-dealkylation sites (tertiary alicyclic amines) is 5. The second-order valence-corrected chi connectivity index (χ2v) is 45.2. The number of carbonyl (C=O) groups is 11. The number of carboxylic acid groups (broad SMARTS) is 1. The average molecular weight is 2430 g/mol. The molecule has 10 atom stereocenters. The van der Waals surface area contributed by atoms with Gasteiger partial charge in [0.25, 0.3) is 23.6 Å². The molecule has 5 aromatic rings. The molecule has 6 N–H and O–H groups in total. The summed E-state index contributed by atoms with van der Waals surface area (Å²) in [5, 5.41) is 16.2. The van der Waals surface area contributed by atoms with E-state index in [4.69, 9.17) is 67.2 Å². The van der Waals surface area contributed by atoms with Gasteiger partial charge in [-0.2, -0.15) is 0 Å². The Hall–Kier alpha value is -4.72.